The summed E-state index contributed by atoms with van der Waals surface area (Å²) in [6.07, 6.45) is 29.0. The SMILES string of the molecule is CC(C)CC1CCN(C)CC1.CC(C)CCC1CC2CCC(C1)N2C.CC(C)CCC1CCCCN1C.CC(C)CCC1CCCN(C)C1.CC(C)CCC1CN(C)CCO1. The standard InChI is InChI=1S/C13H25N.2C11H23N.C10H21NO.C10H21N/c1-10(2)4-5-11-8-12-6-7-13(9-11)14(12)3;1-10(2)6-7-11-5-4-8-12(3)9-11;1-10(2)7-8-11-6-4-5-9-12(11)3;1-9(2)4-5-10-8-11(3)6-7-12-10;1-9(2)8-10-4-6-11(3)7-5-10/h10-13H,4-9H2,1-3H3;2*10-11H,4-9H2,1-3H3;9-10H,4-8H2,1-3H3;9-10H,4-8H2,1-3H3. The lowest BCUT2D eigenvalue weighted by Crippen LogP contribution is -2.39. The van der Waals surface area contributed by atoms with Gasteiger partial charge >= 0.3 is 0 Å². The van der Waals surface area contributed by atoms with Gasteiger partial charge in [0.1, 0.15) is 0 Å². The van der Waals surface area contributed by atoms with E-state index in [1.165, 1.54) is 161 Å². The third kappa shape index (κ3) is 27.1. The third-order valence-electron chi connectivity index (χ3n) is 15.3. The molecule has 5 unspecified atom stereocenters. The molecule has 0 saturated carbocycles. The van der Waals surface area contributed by atoms with E-state index in [4.69, 9.17) is 4.74 Å². The fourth-order valence-corrected chi connectivity index (χ4v) is 11.0. The van der Waals surface area contributed by atoms with E-state index in [0.717, 1.165) is 85.2 Å². The smallest absolute Gasteiger partial charge is 0.0702 e. The van der Waals surface area contributed by atoms with E-state index in [2.05, 4.69) is 129 Å². The van der Waals surface area contributed by atoms with E-state index >= 15 is 0 Å². The molecule has 6 aliphatic rings. The van der Waals surface area contributed by atoms with Gasteiger partial charge in [0.25, 0.3) is 0 Å². The molecular formula is C55H113N5O. The Hall–Kier alpha value is -0.240. The number of ether oxygens (including phenoxy) is 1. The van der Waals surface area contributed by atoms with Crippen LogP contribution in [0.1, 0.15) is 198 Å². The second kappa shape index (κ2) is 32.4. The number of rotatable bonds is 14. The van der Waals surface area contributed by atoms with Crippen molar-refractivity contribution in [3.05, 3.63) is 0 Å². The number of piperidine rings is 4. The molecular weight excluding hydrogens is 747 g/mol. The molecule has 0 radical (unpaired) electrons. The lowest BCUT2D eigenvalue weighted by Gasteiger charge is -2.36. The fraction of sp³-hybridized carbons (Fsp3) is 1.00. The number of fused-ring (bicyclic) bond motifs is 2. The van der Waals surface area contributed by atoms with E-state index in [9.17, 15) is 0 Å². The summed E-state index contributed by atoms with van der Waals surface area (Å²) >= 11 is 0. The van der Waals surface area contributed by atoms with Crippen molar-refractivity contribution in [3.8, 4) is 0 Å². The maximum atomic E-state index is 5.66. The van der Waals surface area contributed by atoms with Gasteiger partial charge in [-0.3, -0.25) is 0 Å². The molecule has 364 valence electrons. The average molecular weight is 861 g/mol. The molecule has 5 atom stereocenters. The summed E-state index contributed by atoms with van der Waals surface area (Å²) in [4.78, 5) is 12.5. The van der Waals surface area contributed by atoms with Gasteiger partial charge in [0.2, 0.25) is 0 Å². The largest absolute Gasteiger partial charge is 0.376 e. The van der Waals surface area contributed by atoms with Crippen molar-refractivity contribution in [2.45, 2.75) is 222 Å². The molecule has 0 aromatic carbocycles. The molecule has 61 heavy (non-hydrogen) atoms. The highest BCUT2D eigenvalue weighted by molar-refractivity contribution is 4.93. The first-order valence-corrected chi connectivity index (χ1v) is 27.0. The van der Waals surface area contributed by atoms with Crippen LogP contribution in [0.15, 0.2) is 0 Å². The minimum atomic E-state index is 0.492. The second-order valence-electron chi connectivity index (χ2n) is 23.8. The minimum absolute atomic E-state index is 0.492. The van der Waals surface area contributed by atoms with E-state index in [0.29, 0.717) is 6.10 Å². The van der Waals surface area contributed by atoms with Crippen molar-refractivity contribution in [3.63, 3.8) is 0 Å². The molecule has 0 spiro atoms. The van der Waals surface area contributed by atoms with E-state index in [-0.39, 0.29) is 0 Å². The highest BCUT2D eigenvalue weighted by atomic mass is 16.5. The number of likely N-dealkylation sites (N-methyl/N-ethyl adjacent to an activating group) is 1. The molecule has 2 bridgehead atoms. The Bertz CT molecular complexity index is 982. The Labute approximate surface area is 384 Å². The van der Waals surface area contributed by atoms with Crippen molar-refractivity contribution in [1.82, 2.24) is 24.5 Å². The van der Waals surface area contributed by atoms with Gasteiger partial charge in [-0.25, -0.2) is 0 Å². The monoisotopic (exact) mass is 860 g/mol. The van der Waals surface area contributed by atoms with E-state index in [1.807, 2.05) is 0 Å². The van der Waals surface area contributed by atoms with Crippen LogP contribution < -0.4 is 0 Å². The summed E-state index contributed by atoms with van der Waals surface area (Å²) < 4.78 is 5.66. The predicted octanol–water partition coefficient (Wildman–Crippen LogP) is 13.1. The Morgan fingerprint density at radius 2 is 0.984 bits per heavy atom. The normalized spacial score (nSPS) is 28.5. The summed E-state index contributed by atoms with van der Waals surface area (Å²) in [6.45, 7) is 32.9. The maximum Gasteiger partial charge on any atom is 0.0702 e. The van der Waals surface area contributed by atoms with E-state index in [1.54, 1.807) is 0 Å². The fourth-order valence-electron chi connectivity index (χ4n) is 11.0. The van der Waals surface area contributed by atoms with Crippen molar-refractivity contribution < 1.29 is 4.74 Å². The molecule has 0 N–H and O–H groups in total. The van der Waals surface area contributed by atoms with Gasteiger partial charge in [-0.1, -0.05) is 94.9 Å². The van der Waals surface area contributed by atoms with Crippen LogP contribution in [-0.4, -0.2) is 136 Å². The molecule has 0 aromatic heterocycles. The van der Waals surface area contributed by atoms with Gasteiger partial charge in [0.15, 0.2) is 0 Å². The van der Waals surface area contributed by atoms with Crippen LogP contribution in [0.4, 0.5) is 0 Å². The van der Waals surface area contributed by atoms with Crippen LogP contribution >= 0.6 is 0 Å². The van der Waals surface area contributed by atoms with Gasteiger partial charge in [0.05, 0.1) is 12.7 Å². The predicted molar refractivity (Wildman–Crippen MR) is 271 cm³/mol. The first-order chi connectivity index (χ1) is 28.9. The van der Waals surface area contributed by atoms with Crippen molar-refractivity contribution in [1.29, 1.82) is 0 Å². The zero-order valence-corrected chi connectivity index (χ0v) is 44.4. The van der Waals surface area contributed by atoms with Crippen LogP contribution in [0.3, 0.4) is 0 Å². The summed E-state index contributed by atoms with van der Waals surface area (Å²) in [5.41, 5.74) is 0. The lowest BCUT2D eigenvalue weighted by molar-refractivity contribution is -0.0254. The Morgan fingerprint density at radius 1 is 0.443 bits per heavy atom. The highest BCUT2D eigenvalue weighted by Gasteiger charge is 2.38. The molecule has 6 aliphatic heterocycles. The molecule has 6 saturated heterocycles. The molecule has 6 heteroatoms. The van der Waals surface area contributed by atoms with Gasteiger partial charge in [-0.15, -0.1) is 0 Å². The lowest BCUT2D eigenvalue weighted by atomic mass is 9.86. The molecule has 6 nitrogen and oxygen atoms in total. The molecule has 6 rings (SSSR count). The van der Waals surface area contributed by atoms with Crippen LogP contribution in [-0.2, 0) is 4.74 Å². The van der Waals surface area contributed by atoms with Gasteiger partial charge < -0.3 is 29.2 Å². The molecule has 0 aromatic rings. The quantitative estimate of drug-likeness (QED) is 0.173. The maximum absolute atomic E-state index is 5.66. The van der Waals surface area contributed by atoms with Crippen LogP contribution in [0, 0.1) is 47.3 Å². The number of likely N-dealkylation sites (tertiary alicyclic amines) is 3. The Morgan fingerprint density at radius 3 is 1.51 bits per heavy atom. The summed E-state index contributed by atoms with van der Waals surface area (Å²) in [6, 6.07) is 2.76. The van der Waals surface area contributed by atoms with Crippen molar-refractivity contribution >= 4 is 0 Å². The first-order valence-electron chi connectivity index (χ1n) is 27.0. The average Bonchev–Trinajstić information content (AvgIpc) is 3.39. The molecule has 6 heterocycles. The van der Waals surface area contributed by atoms with Crippen LogP contribution in [0.25, 0.3) is 0 Å². The molecule has 0 aliphatic carbocycles. The number of morpholine rings is 1. The second-order valence-corrected chi connectivity index (χ2v) is 23.8. The zero-order valence-electron chi connectivity index (χ0n) is 44.4. The number of nitrogens with zero attached hydrogens (tertiary/aromatic N) is 5. The zero-order chi connectivity index (χ0) is 45.3. The van der Waals surface area contributed by atoms with Gasteiger partial charge in [0, 0.05) is 37.8 Å². The Kier molecular flexibility index (Phi) is 30.2. The third-order valence-corrected chi connectivity index (χ3v) is 15.3. The van der Waals surface area contributed by atoms with Gasteiger partial charge in [-0.2, -0.15) is 0 Å². The number of hydrogen-bond donors (Lipinski definition) is 0. The van der Waals surface area contributed by atoms with E-state index < -0.39 is 0 Å². The Balaban J connectivity index is 0.000000263. The van der Waals surface area contributed by atoms with Gasteiger partial charge in [-0.05, 0) is 211 Å². The number of hydrogen-bond acceptors (Lipinski definition) is 6. The summed E-state index contributed by atoms with van der Waals surface area (Å²) in [5, 5.41) is 0. The molecule has 0 amide bonds. The van der Waals surface area contributed by atoms with Crippen LogP contribution in [0.5, 0.6) is 0 Å². The van der Waals surface area contributed by atoms with Crippen LogP contribution in [0.2, 0.25) is 0 Å². The van der Waals surface area contributed by atoms with Crippen molar-refractivity contribution in [2.24, 2.45) is 47.3 Å². The highest BCUT2D eigenvalue weighted by Crippen LogP contribution is 2.39. The summed E-state index contributed by atoms with van der Waals surface area (Å²) in [5.74, 6) is 7.41. The minimum Gasteiger partial charge on any atom is -0.376 e. The first kappa shape index (κ1) is 56.9. The summed E-state index contributed by atoms with van der Waals surface area (Å²) in [7, 11) is 11.3. The molecule has 6 fully saturated rings. The van der Waals surface area contributed by atoms with Crippen molar-refractivity contribution in [2.75, 3.05) is 87.7 Å². The topological polar surface area (TPSA) is 25.4 Å².